The van der Waals surface area contributed by atoms with Gasteiger partial charge in [0.25, 0.3) is 0 Å². The number of carboxylic acids is 1. The lowest BCUT2D eigenvalue weighted by Crippen LogP contribution is -2.07. The number of halogens is 2. The van der Waals surface area contributed by atoms with Crippen molar-refractivity contribution in [3.8, 4) is 5.69 Å². The zero-order chi connectivity index (χ0) is 11.7. The van der Waals surface area contributed by atoms with Gasteiger partial charge in [-0.2, -0.15) is 4.68 Å². The van der Waals surface area contributed by atoms with E-state index in [4.69, 9.17) is 16.7 Å². The van der Waals surface area contributed by atoms with Gasteiger partial charge in [-0.25, -0.2) is 9.18 Å². The second-order valence-corrected chi connectivity index (χ2v) is 3.25. The summed E-state index contributed by atoms with van der Waals surface area (Å²) in [5.74, 6) is -1.98. The summed E-state index contributed by atoms with van der Waals surface area (Å²) in [5.41, 5.74) is -0.168. The fourth-order valence-electron chi connectivity index (χ4n) is 1.17. The van der Waals surface area contributed by atoms with E-state index in [1.165, 1.54) is 0 Å². The number of rotatable bonds is 2. The maximum Gasteiger partial charge on any atom is 0.337 e. The second kappa shape index (κ2) is 3.86. The monoisotopic (exact) mass is 242 g/mol. The van der Waals surface area contributed by atoms with Crippen LogP contribution in [-0.2, 0) is 0 Å². The van der Waals surface area contributed by atoms with Crippen molar-refractivity contribution in [2.75, 3.05) is 0 Å². The van der Waals surface area contributed by atoms with Crippen LogP contribution >= 0.6 is 11.6 Å². The molecular formula is C8H4ClFN4O2. The molecule has 0 bridgehead atoms. The van der Waals surface area contributed by atoms with Crippen molar-refractivity contribution in [1.29, 1.82) is 0 Å². The van der Waals surface area contributed by atoms with Gasteiger partial charge in [-0.15, -0.1) is 5.10 Å². The van der Waals surface area contributed by atoms with E-state index in [0.717, 1.165) is 23.1 Å². The summed E-state index contributed by atoms with van der Waals surface area (Å²) in [5, 5.41) is 18.8. The highest BCUT2D eigenvalue weighted by Gasteiger charge is 2.16. The Morgan fingerprint density at radius 1 is 1.50 bits per heavy atom. The normalized spacial score (nSPS) is 10.4. The molecule has 0 aliphatic carbocycles. The molecule has 2 rings (SSSR count). The Bertz CT molecular complexity index is 543. The van der Waals surface area contributed by atoms with Gasteiger partial charge in [0.1, 0.15) is 12.1 Å². The van der Waals surface area contributed by atoms with Crippen molar-refractivity contribution in [2.24, 2.45) is 0 Å². The minimum atomic E-state index is -1.24. The van der Waals surface area contributed by atoms with Crippen LogP contribution in [0.15, 0.2) is 18.5 Å². The molecule has 2 aromatic rings. The molecule has 0 unspecified atom stereocenters. The molecule has 0 atom stereocenters. The Hall–Kier alpha value is -2.02. The number of hydrogen-bond donors (Lipinski definition) is 1. The van der Waals surface area contributed by atoms with Gasteiger partial charge in [0.2, 0.25) is 0 Å². The zero-order valence-electron chi connectivity index (χ0n) is 7.63. The van der Waals surface area contributed by atoms with Crippen LogP contribution in [0.3, 0.4) is 0 Å². The van der Waals surface area contributed by atoms with E-state index < -0.39 is 11.8 Å². The van der Waals surface area contributed by atoms with E-state index in [-0.39, 0.29) is 16.3 Å². The van der Waals surface area contributed by atoms with E-state index in [1.807, 2.05) is 0 Å². The predicted molar refractivity (Wildman–Crippen MR) is 51.1 cm³/mol. The van der Waals surface area contributed by atoms with Gasteiger partial charge >= 0.3 is 5.97 Å². The van der Waals surface area contributed by atoms with Crippen LogP contribution in [-0.4, -0.2) is 31.3 Å². The van der Waals surface area contributed by atoms with Gasteiger partial charge in [-0.05, 0) is 16.5 Å². The lowest BCUT2D eigenvalue weighted by Gasteiger charge is -2.05. The lowest BCUT2D eigenvalue weighted by molar-refractivity contribution is 0.0696. The highest BCUT2D eigenvalue weighted by Crippen LogP contribution is 2.22. The molecule has 0 amide bonds. The van der Waals surface area contributed by atoms with Crippen LogP contribution in [0, 0.1) is 5.82 Å². The van der Waals surface area contributed by atoms with E-state index in [9.17, 15) is 9.18 Å². The molecule has 82 valence electrons. The minimum absolute atomic E-state index is 0.0133. The van der Waals surface area contributed by atoms with Gasteiger partial charge in [-0.1, -0.05) is 11.6 Å². The third kappa shape index (κ3) is 1.72. The van der Waals surface area contributed by atoms with Gasteiger partial charge < -0.3 is 5.11 Å². The first-order valence-electron chi connectivity index (χ1n) is 4.05. The number of nitrogens with zero attached hydrogens (tertiary/aromatic N) is 4. The Kier molecular flexibility index (Phi) is 2.53. The van der Waals surface area contributed by atoms with Crippen molar-refractivity contribution in [3.63, 3.8) is 0 Å². The topological polar surface area (TPSA) is 80.9 Å². The number of hydrogen-bond acceptors (Lipinski definition) is 4. The minimum Gasteiger partial charge on any atom is -0.478 e. The van der Waals surface area contributed by atoms with E-state index >= 15 is 0 Å². The molecule has 0 saturated carbocycles. The summed E-state index contributed by atoms with van der Waals surface area (Å²) in [6, 6.07) is 1.97. The first kappa shape index (κ1) is 10.5. The number of benzene rings is 1. The van der Waals surface area contributed by atoms with Crippen molar-refractivity contribution in [2.45, 2.75) is 0 Å². The van der Waals surface area contributed by atoms with Crippen molar-refractivity contribution < 1.29 is 14.3 Å². The molecule has 1 heterocycles. The predicted octanol–water partition coefficient (Wildman–Crippen LogP) is 1.15. The molecule has 1 N–H and O–H groups in total. The van der Waals surface area contributed by atoms with Crippen LogP contribution in [0.5, 0.6) is 0 Å². The zero-order valence-corrected chi connectivity index (χ0v) is 8.39. The highest BCUT2D eigenvalue weighted by molar-refractivity contribution is 6.31. The fourth-order valence-corrected chi connectivity index (χ4v) is 1.33. The summed E-state index contributed by atoms with van der Waals surface area (Å²) >= 11 is 5.49. The Morgan fingerprint density at radius 2 is 2.25 bits per heavy atom. The molecule has 0 radical (unpaired) electrons. The maximum absolute atomic E-state index is 13.2. The summed E-state index contributed by atoms with van der Waals surface area (Å²) in [6.45, 7) is 0. The molecule has 1 aromatic carbocycles. The van der Waals surface area contributed by atoms with Gasteiger partial charge in [0, 0.05) is 6.07 Å². The standard InChI is InChI=1S/C8H4ClFN4O2/c9-5-1-4(8(15)16)7(2-6(5)10)14-3-11-12-13-14/h1-3H,(H,15,16). The largest absolute Gasteiger partial charge is 0.478 e. The summed E-state index contributed by atoms with van der Waals surface area (Å²) < 4.78 is 14.3. The van der Waals surface area contributed by atoms with Crippen LogP contribution in [0.2, 0.25) is 5.02 Å². The number of aromatic carboxylic acids is 1. The third-order valence-corrected chi connectivity index (χ3v) is 2.15. The second-order valence-electron chi connectivity index (χ2n) is 2.84. The van der Waals surface area contributed by atoms with E-state index in [1.54, 1.807) is 0 Å². The fraction of sp³-hybridized carbons (Fsp3) is 0. The molecule has 0 aliphatic heterocycles. The van der Waals surface area contributed by atoms with Crippen molar-refractivity contribution in [3.05, 3.63) is 34.9 Å². The molecule has 0 fully saturated rings. The number of carboxylic acid groups (broad SMARTS) is 1. The van der Waals surface area contributed by atoms with Crippen LogP contribution in [0.25, 0.3) is 5.69 Å². The average molecular weight is 243 g/mol. The Morgan fingerprint density at radius 3 is 2.81 bits per heavy atom. The first-order valence-corrected chi connectivity index (χ1v) is 4.43. The van der Waals surface area contributed by atoms with E-state index in [2.05, 4.69) is 15.5 Å². The molecular weight excluding hydrogens is 239 g/mol. The van der Waals surface area contributed by atoms with Gasteiger partial charge in [-0.3, -0.25) is 0 Å². The first-order chi connectivity index (χ1) is 7.59. The third-order valence-electron chi connectivity index (χ3n) is 1.86. The molecule has 8 heteroatoms. The average Bonchev–Trinajstić information content (AvgIpc) is 2.74. The smallest absolute Gasteiger partial charge is 0.337 e. The van der Waals surface area contributed by atoms with Gasteiger partial charge in [0.05, 0.1) is 16.3 Å². The number of aromatic nitrogens is 4. The molecule has 6 nitrogen and oxygen atoms in total. The van der Waals surface area contributed by atoms with E-state index in [0.29, 0.717) is 0 Å². The summed E-state index contributed by atoms with van der Waals surface area (Å²) in [6.07, 6.45) is 1.16. The van der Waals surface area contributed by atoms with Gasteiger partial charge in [0.15, 0.2) is 0 Å². The Labute approximate surface area is 93.3 Å². The SMILES string of the molecule is O=C(O)c1cc(Cl)c(F)cc1-n1cnnn1. The highest BCUT2D eigenvalue weighted by atomic mass is 35.5. The molecule has 0 saturated heterocycles. The van der Waals surface area contributed by atoms with Crippen molar-refractivity contribution >= 4 is 17.6 Å². The lowest BCUT2D eigenvalue weighted by atomic mass is 10.2. The summed E-state index contributed by atoms with van der Waals surface area (Å²) in [4.78, 5) is 10.9. The quantitative estimate of drug-likeness (QED) is 0.854. The molecule has 0 aliphatic rings. The molecule has 16 heavy (non-hydrogen) atoms. The maximum atomic E-state index is 13.2. The van der Waals surface area contributed by atoms with Crippen LogP contribution in [0.1, 0.15) is 10.4 Å². The van der Waals surface area contributed by atoms with Crippen molar-refractivity contribution in [1.82, 2.24) is 20.2 Å². The molecule has 1 aromatic heterocycles. The summed E-state index contributed by atoms with van der Waals surface area (Å²) in [7, 11) is 0. The van der Waals surface area contributed by atoms with Crippen LogP contribution < -0.4 is 0 Å². The Balaban J connectivity index is 2.68. The number of carbonyl (C=O) groups is 1. The number of tetrazole rings is 1. The van der Waals surface area contributed by atoms with Crippen LogP contribution in [0.4, 0.5) is 4.39 Å². The molecule has 0 spiro atoms.